The molecule has 1 aromatic rings. The predicted molar refractivity (Wildman–Crippen MR) is 70.1 cm³/mol. The molecule has 2 heterocycles. The van der Waals surface area contributed by atoms with E-state index in [1.165, 1.54) is 4.31 Å². The Morgan fingerprint density at radius 3 is 2.84 bits per heavy atom. The van der Waals surface area contributed by atoms with Gasteiger partial charge in [-0.15, -0.1) is 0 Å². The first-order valence-corrected chi connectivity index (χ1v) is 7.82. The number of hydrogen-bond donors (Lipinski definition) is 1. The molecule has 0 spiro atoms. The number of aliphatic hydroxyl groups excluding tert-OH is 1. The fourth-order valence-corrected chi connectivity index (χ4v) is 3.48. The highest BCUT2D eigenvalue weighted by Crippen LogP contribution is 2.12. The molecule has 1 unspecified atom stereocenters. The molecule has 1 aromatic heterocycles. The number of ether oxygens (including phenoxy) is 1. The summed E-state index contributed by atoms with van der Waals surface area (Å²) in [5, 5.41) is 9.03. The van der Waals surface area contributed by atoms with Crippen molar-refractivity contribution in [2.45, 2.75) is 12.5 Å². The van der Waals surface area contributed by atoms with Gasteiger partial charge in [-0.2, -0.15) is 4.31 Å². The summed E-state index contributed by atoms with van der Waals surface area (Å²) in [6, 6.07) is 3.62. The standard InChI is InChI=1S/C12H18N2O4S/c15-10-12-9-14(6-7-18-12)19(16,17)8-3-11-1-4-13-5-2-11/h1-2,4-5,12,15H,3,6-10H2. The first-order chi connectivity index (χ1) is 9.12. The maximum absolute atomic E-state index is 12.2. The van der Waals surface area contributed by atoms with Gasteiger partial charge in [0.1, 0.15) is 0 Å². The van der Waals surface area contributed by atoms with Crippen LogP contribution in [-0.4, -0.2) is 61.0 Å². The van der Waals surface area contributed by atoms with E-state index in [0.717, 1.165) is 5.56 Å². The van der Waals surface area contributed by atoms with E-state index in [0.29, 0.717) is 19.6 Å². The number of aliphatic hydroxyl groups is 1. The number of aromatic nitrogens is 1. The van der Waals surface area contributed by atoms with E-state index in [4.69, 9.17) is 9.84 Å². The molecule has 1 aliphatic rings. The SMILES string of the molecule is O=S(=O)(CCc1ccncc1)N1CCOC(CO)C1. The van der Waals surface area contributed by atoms with Crippen molar-refractivity contribution in [2.24, 2.45) is 0 Å². The Bertz CT molecular complexity index is 492. The third-order valence-electron chi connectivity index (χ3n) is 3.10. The van der Waals surface area contributed by atoms with E-state index >= 15 is 0 Å². The minimum absolute atomic E-state index is 0.0646. The Balaban J connectivity index is 1.94. The third-order valence-corrected chi connectivity index (χ3v) is 4.94. The van der Waals surface area contributed by atoms with E-state index in [9.17, 15) is 8.42 Å². The van der Waals surface area contributed by atoms with Gasteiger partial charge in [-0.25, -0.2) is 8.42 Å². The highest BCUT2D eigenvalue weighted by molar-refractivity contribution is 7.89. The number of aryl methyl sites for hydroxylation is 1. The molecule has 0 saturated carbocycles. The summed E-state index contributed by atoms with van der Waals surface area (Å²) in [5.41, 5.74) is 0.950. The number of nitrogens with zero attached hydrogens (tertiary/aromatic N) is 2. The van der Waals surface area contributed by atoms with Gasteiger partial charge >= 0.3 is 0 Å². The van der Waals surface area contributed by atoms with Crippen molar-refractivity contribution in [3.8, 4) is 0 Å². The number of rotatable bonds is 5. The lowest BCUT2D eigenvalue weighted by molar-refractivity contribution is -0.0304. The fraction of sp³-hybridized carbons (Fsp3) is 0.583. The minimum Gasteiger partial charge on any atom is -0.394 e. The van der Waals surface area contributed by atoms with Crippen LogP contribution in [-0.2, 0) is 21.2 Å². The second-order valence-corrected chi connectivity index (χ2v) is 6.54. The van der Waals surface area contributed by atoms with Crippen LogP contribution in [0.1, 0.15) is 5.56 Å². The van der Waals surface area contributed by atoms with Crippen molar-refractivity contribution in [1.82, 2.24) is 9.29 Å². The Labute approximate surface area is 113 Å². The molecule has 1 N–H and O–H groups in total. The van der Waals surface area contributed by atoms with Crippen LogP contribution in [0.3, 0.4) is 0 Å². The average molecular weight is 286 g/mol. The van der Waals surface area contributed by atoms with Crippen molar-refractivity contribution in [2.75, 3.05) is 32.1 Å². The molecule has 106 valence electrons. The van der Waals surface area contributed by atoms with Crippen molar-refractivity contribution in [3.05, 3.63) is 30.1 Å². The molecule has 0 aliphatic carbocycles. The van der Waals surface area contributed by atoms with E-state index in [2.05, 4.69) is 4.98 Å². The molecule has 0 aromatic carbocycles. The molecule has 1 saturated heterocycles. The molecular formula is C12H18N2O4S. The maximum Gasteiger partial charge on any atom is 0.214 e. The third kappa shape index (κ3) is 3.97. The summed E-state index contributed by atoms with van der Waals surface area (Å²) in [6.45, 7) is 0.764. The number of morpholine rings is 1. The van der Waals surface area contributed by atoms with Crippen LogP contribution in [0.5, 0.6) is 0 Å². The van der Waals surface area contributed by atoms with Crippen LogP contribution in [0, 0.1) is 0 Å². The van der Waals surface area contributed by atoms with Crippen LogP contribution in [0.2, 0.25) is 0 Å². The molecule has 19 heavy (non-hydrogen) atoms. The van der Waals surface area contributed by atoms with Gasteiger partial charge in [0.05, 0.1) is 25.1 Å². The summed E-state index contributed by atoms with van der Waals surface area (Å²) in [5.74, 6) is 0.0646. The van der Waals surface area contributed by atoms with Crippen molar-refractivity contribution < 1.29 is 18.3 Å². The zero-order valence-corrected chi connectivity index (χ0v) is 11.4. The lowest BCUT2D eigenvalue weighted by Gasteiger charge is -2.31. The van der Waals surface area contributed by atoms with Crippen molar-refractivity contribution >= 4 is 10.0 Å². The Morgan fingerprint density at radius 1 is 1.42 bits per heavy atom. The fourth-order valence-electron chi connectivity index (χ4n) is 1.98. The van der Waals surface area contributed by atoms with Gasteiger partial charge in [-0.3, -0.25) is 4.98 Å². The monoisotopic (exact) mass is 286 g/mol. The normalized spacial score (nSPS) is 21.4. The number of pyridine rings is 1. The summed E-state index contributed by atoms with van der Waals surface area (Å²) >= 11 is 0. The summed E-state index contributed by atoms with van der Waals surface area (Å²) in [7, 11) is -3.30. The van der Waals surface area contributed by atoms with Gasteiger partial charge in [0.15, 0.2) is 0 Å². The zero-order valence-electron chi connectivity index (χ0n) is 10.6. The molecule has 1 atom stereocenters. The van der Waals surface area contributed by atoms with E-state index in [1.807, 2.05) is 12.1 Å². The first-order valence-electron chi connectivity index (χ1n) is 6.21. The Hall–Kier alpha value is -1.02. The smallest absolute Gasteiger partial charge is 0.214 e. The molecular weight excluding hydrogens is 268 g/mol. The topological polar surface area (TPSA) is 79.7 Å². The van der Waals surface area contributed by atoms with Gasteiger partial charge < -0.3 is 9.84 Å². The van der Waals surface area contributed by atoms with Gasteiger partial charge in [0.25, 0.3) is 0 Å². The van der Waals surface area contributed by atoms with Crippen LogP contribution in [0.4, 0.5) is 0 Å². The van der Waals surface area contributed by atoms with Gasteiger partial charge in [0, 0.05) is 25.5 Å². The maximum atomic E-state index is 12.2. The van der Waals surface area contributed by atoms with Gasteiger partial charge in [-0.1, -0.05) is 0 Å². The molecule has 6 nitrogen and oxygen atoms in total. The Kier molecular flexibility index (Phi) is 4.87. The van der Waals surface area contributed by atoms with E-state index in [-0.39, 0.29) is 18.9 Å². The quantitative estimate of drug-likeness (QED) is 0.800. The van der Waals surface area contributed by atoms with E-state index in [1.54, 1.807) is 12.4 Å². The second kappa shape index (κ2) is 6.42. The summed E-state index contributed by atoms with van der Waals surface area (Å²) in [6.07, 6.45) is 3.35. The molecule has 2 rings (SSSR count). The van der Waals surface area contributed by atoms with Crippen LogP contribution in [0.15, 0.2) is 24.5 Å². The van der Waals surface area contributed by atoms with Crippen molar-refractivity contribution in [3.63, 3.8) is 0 Å². The molecule has 7 heteroatoms. The van der Waals surface area contributed by atoms with Gasteiger partial charge in [0.2, 0.25) is 10.0 Å². The first kappa shape index (κ1) is 14.4. The Morgan fingerprint density at radius 2 is 2.16 bits per heavy atom. The largest absolute Gasteiger partial charge is 0.394 e. The highest BCUT2D eigenvalue weighted by atomic mass is 32.2. The van der Waals surface area contributed by atoms with Crippen LogP contribution >= 0.6 is 0 Å². The minimum atomic E-state index is -3.30. The summed E-state index contributed by atoms with van der Waals surface area (Å²) in [4.78, 5) is 3.90. The van der Waals surface area contributed by atoms with Crippen LogP contribution in [0.25, 0.3) is 0 Å². The molecule has 0 amide bonds. The lowest BCUT2D eigenvalue weighted by Crippen LogP contribution is -2.47. The molecule has 1 aliphatic heterocycles. The zero-order chi connectivity index (χ0) is 13.7. The molecule has 0 radical (unpaired) electrons. The molecule has 0 bridgehead atoms. The predicted octanol–water partition coefficient (Wildman–Crippen LogP) is -0.353. The van der Waals surface area contributed by atoms with Crippen molar-refractivity contribution in [1.29, 1.82) is 0 Å². The van der Waals surface area contributed by atoms with Gasteiger partial charge in [-0.05, 0) is 24.1 Å². The average Bonchev–Trinajstić information content (AvgIpc) is 2.46. The van der Waals surface area contributed by atoms with Crippen LogP contribution < -0.4 is 0 Å². The number of sulfonamides is 1. The molecule has 1 fully saturated rings. The van der Waals surface area contributed by atoms with E-state index < -0.39 is 16.1 Å². The highest BCUT2D eigenvalue weighted by Gasteiger charge is 2.28. The number of hydrogen-bond acceptors (Lipinski definition) is 5. The summed E-state index contributed by atoms with van der Waals surface area (Å²) < 4.78 is 31.0. The second-order valence-electron chi connectivity index (χ2n) is 4.45. The lowest BCUT2D eigenvalue weighted by atomic mass is 10.2.